The topological polar surface area (TPSA) is 75.6 Å². The second-order valence-corrected chi connectivity index (χ2v) is 5.97. The van der Waals surface area contributed by atoms with E-state index in [0.717, 1.165) is 38.7 Å². The van der Waals surface area contributed by atoms with Gasteiger partial charge in [0.05, 0.1) is 5.60 Å². The summed E-state index contributed by atoms with van der Waals surface area (Å²) >= 11 is 0. The Morgan fingerprint density at radius 1 is 1.14 bits per heavy atom. The molecule has 5 heteroatoms. The van der Waals surface area contributed by atoms with Crippen LogP contribution in [0.5, 0.6) is 0 Å². The number of hydrogen-bond donors (Lipinski definition) is 2. The van der Waals surface area contributed by atoms with Gasteiger partial charge in [0.15, 0.2) is 0 Å². The molecule has 1 amide bonds. The highest BCUT2D eigenvalue weighted by Gasteiger charge is 2.33. The van der Waals surface area contributed by atoms with E-state index in [1.807, 2.05) is 0 Å². The summed E-state index contributed by atoms with van der Waals surface area (Å²) in [7, 11) is 0. The zero-order valence-electron chi connectivity index (χ0n) is 13.2. The van der Waals surface area contributed by atoms with E-state index in [4.69, 9.17) is 9.84 Å². The Hall–Kier alpha value is -1.10. The lowest BCUT2D eigenvalue weighted by molar-refractivity contribution is -0.137. The first-order valence-electron chi connectivity index (χ1n) is 8.20. The summed E-state index contributed by atoms with van der Waals surface area (Å²) in [4.78, 5) is 22.2. The van der Waals surface area contributed by atoms with Gasteiger partial charge in [-0.3, -0.25) is 9.59 Å². The first-order chi connectivity index (χ1) is 10.1. The lowest BCUT2D eigenvalue weighted by Crippen LogP contribution is -2.46. The van der Waals surface area contributed by atoms with Crippen LogP contribution in [0.1, 0.15) is 71.1 Å². The zero-order chi connectivity index (χ0) is 15.6. The standard InChI is InChI=1S/C16H29NO4/c1-2-12-21-16(10-6-3-7-11-16)13-17-14(18)8-4-5-9-15(19)20/h2-13H2,1H3,(H,17,18)(H,19,20). The number of carboxylic acid groups (broad SMARTS) is 1. The van der Waals surface area contributed by atoms with Gasteiger partial charge in [-0.05, 0) is 32.1 Å². The Balaban J connectivity index is 2.28. The lowest BCUT2D eigenvalue weighted by Gasteiger charge is -2.37. The highest BCUT2D eigenvalue weighted by atomic mass is 16.5. The fourth-order valence-electron chi connectivity index (χ4n) is 2.80. The first-order valence-corrected chi connectivity index (χ1v) is 8.20. The van der Waals surface area contributed by atoms with E-state index in [1.165, 1.54) is 6.42 Å². The quantitative estimate of drug-likeness (QED) is 0.608. The number of rotatable bonds is 10. The van der Waals surface area contributed by atoms with Crippen LogP contribution >= 0.6 is 0 Å². The maximum absolute atomic E-state index is 11.8. The summed E-state index contributed by atoms with van der Waals surface area (Å²) in [5, 5.41) is 11.5. The molecular weight excluding hydrogens is 270 g/mol. The summed E-state index contributed by atoms with van der Waals surface area (Å²) in [6, 6.07) is 0. The number of ether oxygens (including phenoxy) is 1. The van der Waals surface area contributed by atoms with Gasteiger partial charge < -0.3 is 15.2 Å². The summed E-state index contributed by atoms with van der Waals surface area (Å²) in [5.74, 6) is -0.796. The van der Waals surface area contributed by atoms with Crippen molar-refractivity contribution in [2.45, 2.75) is 76.7 Å². The van der Waals surface area contributed by atoms with E-state index in [0.29, 0.717) is 25.8 Å². The van der Waals surface area contributed by atoms with E-state index in [9.17, 15) is 9.59 Å². The molecular formula is C16H29NO4. The SMILES string of the molecule is CCCOC1(CNC(=O)CCCCC(=O)O)CCCCC1. The van der Waals surface area contributed by atoms with Crippen molar-refractivity contribution in [1.82, 2.24) is 5.32 Å². The van der Waals surface area contributed by atoms with Gasteiger partial charge in [-0.2, -0.15) is 0 Å². The van der Waals surface area contributed by atoms with Crippen LogP contribution in [0, 0.1) is 0 Å². The van der Waals surface area contributed by atoms with Crippen molar-refractivity contribution in [2.24, 2.45) is 0 Å². The van der Waals surface area contributed by atoms with Crippen molar-refractivity contribution < 1.29 is 19.4 Å². The molecule has 0 saturated heterocycles. The fourth-order valence-corrected chi connectivity index (χ4v) is 2.80. The Morgan fingerprint density at radius 3 is 2.43 bits per heavy atom. The average Bonchev–Trinajstić information content (AvgIpc) is 2.48. The molecule has 0 radical (unpaired) electrons. The molecule has 122 valence electrons. The molecule has 2 N–H and O–H groups in total. The van der Waals surface area contributed by atoms with E-state index in [2.05, 4.69) is 12.2 Å². The second-order valence-electron chi connectivity index (χ2n) is 5.97. The van der Waals surface area contributed by atoms with Gasteiger partial charge >= 0.3 is 5.97 Å². The Morgan fingerprint density at radius 2 is 1.81 bits per heavy atom. The minimum atomic E-state index is -0.801. The maximum atomic E-state index is 11.8. The number of hydrogen-bond acceptors (Lipinski definition) is 3. The molecule has 0 spiro atoms. The van der Waals surface area contributed by atoms with Gasteiger partial charge in [0.2, 0.25) is 5.91 Å². The predicted octanol–water partition coefficient (Wildman–Crippen LogP) is 2.88. The maximum Gasteiger partial charge on any atom is 0.303 e. The molecule has 0 aliphatic heterocycles. The molecule has 0 heterocycles. The molecule has 1 aliphatic rings. The molecule has 0 unspecified atom stereocenters. The van der Waals surface area contributed by atoms with Gasteiger partial charge in [0, 0.05) is 26.0 Å². The molecule has 0 bridgehead atoms. The van der Waals surface area contributed by atoms with Crippen LogP contribution in [-0.2, 0) is 14.3 Å². The van der Waals surface area contributed by atoms with Crippen LogP contribution in [0.4, 0.5) is 0 Å². The lowest BCUT2D eigenvalue weighted by atomic mass is 9.84. The van der Waals surface area contributed by atoms with E-state index in [1.54, 1.807) is 0 Å². The van der Waals surface area contributed by atoms with Gasteiger partial charge in [-0.1, -0.05) is 26.2 Å². The number of nitrogens with one attached hydrogen (secondary N) is 1. The van der Waals surface area contributed by atoms with Crippen molar-refractivity contribution in [3.8, 4) is 0 Å². The van der Waals surface area contributed by atoms with Crippen molar-refractivity contribution in [3.05, 3.63) is 0 Å². The number of amides is 1. The zero-order valence-corrected chi connectivity index (χ0v) is 13.2. The third-order valence-corrected chi connectivity index (χ3v) is 4.03. The third-order valence-electron chi connectivity index (χ3n) is 4.03. The van der Waals surface area contributed by atoms with Crippen molar-refractivity contribution in [1.29, 1.82) is 0 Å². The van der Waals surface area contributed by atoms with Crippen LogP contribution in [-0.4, -0.2) is 35.7 Å². The number of unbranched alkanes of at least 4 members (excludes halogenated alkanes) is 1. The largest absolute Gasteiger partial charge is 0.481 e. The molecule has 1 saturated carbocycles. The molecule has 0 aromatic carbocycles. The van der Waals surface area contributed by atoms with Gasteiger partial charge in [-0.15, -0.1) is 0 Å². The average molecular weight is 299 g/mol. The van der Waals surface area contributed by atoms with Crippen molar-refractivity contribution in [2.75, 3.05) is 13.2 Å². The molecule has 1 aliphatic carbocycles. The minimum absolute atomic E-state index is 0.00503. The van der Waals surface area contributed by atoms with Crippen LogP contribution < -0.4 is 5.32 Å². The monoisotopic (exact) mass is 299 g/mol. The third kappa shape index (κ3) is 7.46. The second kappa shape index (κ2) is 9.77. The predicted molar refractivity (Wildman–Crippen MR) is 81.2 cm³/mol. The summed E-state index contributed by atoms with van der Waals surface area (Å²) in [6.07, 6.45) is 8.33. The highest BCUT2D eigenvalue weighted by molar-refractivity contribution is 5.76. The highest BCUT2D eigenvalue weighted by Crippen LogP contribution is 2.31. The molecule has 0 atom stereocenters. The Bertz CT molecular complexity index is 324. The first kappa shape index (κ1) is 18.0. The molecule has 5 nitrogen and oxygen atoms in total. The summed E-state index contributed by atoms with van der Waals surface area (Å²) in [6.45, 7) is 3.43. The molecule has 0 aromatic rings. The van der Waals surface area contributed by atoms with Crippen molar-refractivity contribution in [3.63, 3.8) is 0 Å². The number of aliphatic carboxylic acids is 1. The van der Waals surface area contributed by atoms with Crippen LogP contribution in [0.15, 0.2) is 0 Å². The molecule has 1 rings (SSSR count). The van der Waals surface area contributed by atoms with Crippen LogP contribution in [0.25, 0.3) is 0 Å². The number of carbonyl (C=O) groups is 2. The molecule has 0 aromatic heterocycles. The van der Waals surface area contributed by atoms with Gasteiger partial charge in [-0.25, -0.2) is 0 Å². The van der Waals surface area contributed by atoms with Gasteiger partial charge in [0.25, 0.3) is 0 Å². The van der Waals surface area contributed by atoms with E-state index < -0.39 is 5.97 Å². The summed E-state index contributed by atoms with van der Waals surface area (Å²) < 4.78 is 6.03. The van der Waals surface area contributed by atoms with E-state index in [-0.39, 0.29) is 17.9 Å². The minimum Gasteiger partial charge on any atom is -0.481 e. The summed E-state index contributed by atoms with van der Waals surface area (Å²) in [5.41, 5.74) is -0.176. The normalized spacial score (nSPS) is 17.4. The number of carboxylic acids is 1. The van der Waals surface area contributed by atoms with Crippen LogP contribution in [0.2, 0.25) is 0 Å². The van der Waals surface area contributed by atoms with Gasteiger partial charge in [0.1, 0.15) is 0 Å². The molecule has 1 fully saturated rings. The van der Waals surface area contributed by atoms with Crippen molar-refractivity contribution >= 4 is 11.9 Å². The Kier molecular flexibility index (Phi) is 8.35. The number of carbonyl (C=O) groups excluding carboxylic acids is 1. The Labute approximate surface area is 127 Å². The van der Waals surface area contributed by atoms with Crippen LogP contribution in [0.3, 0.4) is 0 Å². The smallest absolute Gasteiger partial charge is 0.303 e. The molecule has 21 heavy (non-hydrogen) atoms. The van der Waals surface area contributed by atoms with E-state index >= 15 is 0 Å². The fraction of sp³-hybridized carbons (Fsp3) is 0.875.